The van der Waals surface area contributed by atoms with Crippen LogP contribution >= 0.6 is 11.1 Å². The van der Waals surface area contributed by atoms with Crippen LogP contribution in [0.1, 0.15) is 99.7 Å². The van der Waals surface area contributed by atoms with Crippen molar-refractivity contribution in [2.45, 2.75) is 116 Å². The van der Waals surface area contributed by atoms with Crippen LogP contribution in [0.5, 0.6) is 0 Å². The van der Waals surface area contributed by atoms with Gasteiger partial charge in [0.25, 0.3) is 0 Å². The van der Waals surface area contributed by atoms with Crippen molar-refractivity contribution in [1.29, 1.82) is 1.43 Å². The molecule has 0 aliphatic heterocycles. The second-order valence-corrected chi connectivity index (χ2v) is 18.7. The van der Waals surface area contributed by atoms with E-state index in [9.17, 15) is 0 Å². The second kappa shape index (κ2) is 11.3. The van der Waals surface area contributed by atoms with Crippen LogP contribution in [0.2, 0.25) is 37.3 Å². The summed E-state index contributed by atoms with van der Waals surface area (Å²) < 4.78 is 72.8. The van der Waals surface area contributed by atoms with Crippen LogP contribution in [0.3, 0.4) is 0 Å². The van der Waals surface area contributed by atoms with E-state index in [0.29, 0.717) is 0 Å². The monoisotopic (exact) mass is 395 g/mol. The first-order valence-corrected chi connectivity index (χ1v) is 15.7. The molecule has 2 aliphatic carbocycles. The van der Waals surface area contributed by atoms with Gasteiger partial charge >= 0.3 is 0 Å². The lowest BCUT2D eigenvalue weighted by molar-refractivity contribution is 0.435. The Morgan fingerprint density at radius 3 is 1.55 bits per heavy atom. The minimum atomic E-state index is -1.61. The molecule has 22 heavy (non-hydrogen) atoms. The zero-order valence-corrected chi connectivity index (χ0v) is 17.8. The van der Waals surface area contributed by atoms with E-state index in [1.165, 1.54) is 71.6 Å². The SMILES string of the molecule is C.C[Si](C)(Cl)C1CCCCC1.[2HH].[2H]C.[2H]O[Si](C)(C)C1CCCCC1.[2H][2H].[2H][2H].[2H][2H].[2H][2H].[2H][2H].[2H][2H]. The maximum Gasteiger partial charge on any atom is 0.193 e. The van der Waals surface area contributed by atoms with Gasteiger partial charge in [-0.25, -0.2) is 0 Å². The van der Waals surface area contributed by atoms with Gasteiger partial charge in [0.15, 0.2) is 17.1 Å². The fraction of sp³-hybridized carbons (Fsp3) is 1.00. The van der Waals surface area contributed by atoms with Crippen molar-refractivity contribution in [3.05, 3.63) is 0 Å². The zero-order valence-electron chi connectivity index (χ0n) is 29.0. The van der Waals surface area contributed by atoms with Gasteiger partial charge in [-0.2, -0.15) is 11.1 Å². The molecule has 0 aromatic carbocycles. The summed E-state index contributed by atoms with van der Waals surface area (Å²) in [5.41, 5.74) is 1.65. The van der Waals surface area contributed by atoms with E-state index < -0.39 is 15.7 Å². The molecule has 2 rings (SSSR count). The predicted octanol–water partition coefficient (Wildman–Crippen LogP) is 9.28. The van der Waals surface area contributed by atoms with Crippen LogP contribution in [-0.2, 0) is 0 Å². The van der Waals surface area contributed by atoms with E-state index in [1.807, 2.05) is 0 Å². The quantitative estimate of drug-likeness (QED) is 0.372. The summed E-state index contributed by atoms with van der Waals surface area (Å²) in [7, 11) is -1.64. The lowest BCUT2D eigenvalue weighted by Crippen LogP contribution is -2.33. The van der Waals surface area contributed by atoms with Gasteiger partial charge in [0, 0.05) is 20.6 Å². The molecule has 2 aliphatic rings. The van der Waals surface area contributed by atoms with E-state index in [4.69, 9.17) is 36.5 Å². The van der Waals surface area contributed by atoms with Gasteiger partial charge in [-0.1, -0.05) is 92.1 Å². The minimum Gasteiger partial charge on any atom is -0.432 e. The Morgan fingerprint density at radius 2 is 1.27 bits per heavy atom. The van der Waals surface area contributed by atoms with E-state index in [-0.39, 0.29) is 8.85 Å². The summed E-state index contributed by atoms with van der Waals surface area (Å²) in [5.74, 6) is 0. The summed E-state index contributed by atoms with van der Waals surface area (Å²) in [6, 6.07) is 0. The molecule has 1 nitrogen and oxygen atoms in total. The topological polar surface area (TPSA) is 20.2 Å². The van der Waals surface area contributed by atoms with Gasteiger partial charge in [-0.3, -0.25) is 0 Å². The van der Waals surface area contributed by atoms with Crippen molar-refractivity contribution >= 4 is 26.8 Å². The van der Waals surface area contributed by atoms with Crippen LogP contribution in [0.4, 0.5) is 0 Å². The zero-order chi connectivity index (χ0) is 29.9. The molecule has 0 saturated heterocycles. The second-order valence-electron chi connectivity index (χ2n) is 7.84. The normalized spacial score (nSPS) is 24.1. The third kappa shape index (κ3) is 9.74. The molecule has 0 spiro atoms. The first-order chi connectivity index (χ1) is 16.8. The highest BCUT2D eigenvalue weighted by Crippen LogP contribution is 2.38. The molecule has 0 radical (unpaired) electrons. The number of hydrogen-bond donors (Lipinski definition) is 1. The lowest BCUT2D eigenvalue weighted by Gasteiger charge is -2.30. The van der Waals surface area contributed by atoms with Gasteiger partial charge in [0.05, 0.1) is 0 Å². The molecule has 0 amide bonds. The average Bonchev–Trinajstić information content (AvgIpc) is 2.97. The summed E-state index contributed by atoms with van der Waals surface area (Å²) in [4.78, 5) is 4.87. The van der Waals surface area contributed by atoms with Crippen molar-refractivity contribution in [2.24, 2.45) is 0 Å². The Labute approximate surface area is 171 Å². The van der Waals surface area contributed by atoms with Crippen molar-refractivity contribution in [2.75, 3.05) is 0 Å². The molecule has 0 heterocycles. The molecule has 4 heteroatoms. The molecule has 0 aromatic rings. The van der Waals surface area contributed by atoms with Gasteiger partial charge in [-0.05, 0) is 24.2 Å². The lowest BCUT2D eigenvalue weighted by atomic mass is 10.0. The standard InChI is InChI=1S/C8H17ClSi.C8H18OSi.2CH4.7H2/c2*1-10(2,9)8-6-4-3-5-7-8;;;;;;;;;/h8H,3-7H2,1-2H3;8-9H,3-7H2,1-2H3;2*1H4;7*1H/i;9D;1D;;6*1+1D;1+1. The first kappa shape index (κ1) is 13.0. The van der Waals surface area contributed by atoms with Crippen LogP contribution in [0.15, 0.2) is 0 Å². The van der Waals surface area contributed by atoms with Crippen molar-refractivity contribution in [3.63, 3.8) is 0 Å². The molecule has 0 aromatic heterocycles. The van der Waals surface area contributed by atoms with Crippen LogP contribution in [-0.4, -0.2) is 21.9 Å². The minimum absolute atomic E-state index is 0. The highest BCUT2D eigenvalue weighted by atomic mass is 35.6. The third-order valence-corrected chi connectivity index (χ3v) is 11.2. The number of hydrogen-bond acceptors (Lipinski definition) is 1. The van der Waals surface area contributed by atoms with E-state index in [1.54, 1.807) is 0 Å². The molecule has 0 bridgehead atoms. The van der Waals surface area contributed by atoms with Gasteiger partial charge in [0.1, 0.15) is 0 Å². The van der Waals surface area contributed by atoms with Crippen LogP contribution < -0.4 is 0 Å². The fourth-order valence-electron chi connectivity index (χ4n) is 3.59. The molecular formula is C18H57ClOSi2. The predicted molar refractivity (Wildman–Crippen MR) is 125 cm³/mol. The number of halogens is 1. The maximum absolute atomic E-state index is 7.00. The van der Waals surface area contributed by atoms with Crippen molar-refractivity contribution < 1.29 is 25.4 Å². The molecule has 1 N–H and O–H groups in total. The Morgan fingerprint density at radius 1 is 0.909 bits per heavy atom. The summed E-state index contributed by atoms with van der Waals surface area (Å²) in [5, 5.41) is 0. The van der Waals surface area contributed by atoms with Crippen molar-refractivity contribution in [3.8, 4) is 0 Å². The summed E-state index contributed by atoms with van der Waals surface area (Å²) >= 11 is 6.35. The maximum atomic E-state index is 7.00. The third-order valence-electron chi connectivity index (χ3n) is 5.16. The van der Waals surface area contributed by atoms with E-state index in [0.717, 1.165) is 11.1 Å². The Hall–Kier alpha value is 0.684. The Kier molecular flexibility index (Phi) is 6.64. The van der Waals surface area contributed by atoms with Gasteiger partial charge in [0.2, 0.25) is 0 Å². The van der Waals surface area contributed by atoms with Crippen LogP contribution in [0.25, 0.3) is 0 Å². The highest BCUT2D eigenvalue weighted by molar-refractivity contribution is 7.19. The molecule has 2 saturated carbocycles. The summed E-state index contributed by atoms with van der Waals surface area (Å²) in [6.45, 7) is 8.89. The fourth-order valence-corrected chi connectivity index (χ4v) is 7.82. The van der Waals surface area contributed by atoms with Gasteiger partial charge in [-0.15, -0.1) is 0 Å². The molecule has 0 unspecified atom stereocenters. The number of rotatable bonds is 3. The van der Waals surface area contributed by atoms with E-state index >= 15 is 0 Å². The smallest absolute Gasteiger partial charge is 0.193 e. The molecule has 0 atom stereocenters. The van der Waals surface area contributed by atoms with Crippen LogP contribution in [0, 0.1) is 0 Å². The summed E-state index contributed by atoms with van der Waals surface area (Å²) in [6.07, 6.45) is 13.8. The van der Waals surface area contributed by atoms with Gasteiger partial charge < -0.3 is 4.80 Å². The molecule has 2 fully saturated rings. The Balaban J connectivity index is -0.0000000397. The molecule has 150 valence electrons. The Bertz CT molecular complexity index is 313. The first-order valence-electron chi connectivity index (χ1n) is 16.0. The molecular weight excluding hydrogens is 324 g/mol. The largest absolute Gasteiger partial charge is 0.432 e. The van der Waals surface area contributed by atoms with E-state index in [2.05, 4.69) is 26.2 Å². The highest BCUT2D eigenvalue weighted by Gasteiger charge is 2.31. The van der Waals surface area contributed by atoms with Crippen molar-refractivity contribution in [1.82, 2.24) is 0 Å². The average molecular weight is 396 g/mol.